The highest BCUT2D eigenvalue weighted by Crippen LogP contribution is 2.20. The van der Waals surface area contributed by atoms with Crippen LogP contribution in [-0.2, 0) is 11.2 Å². The number of carbonyl (C=O) groups excluding carboxylic acids is 1. The summed E-state index contributed by atoms with van der Waals surface area (Å²) >= 11 is 5.92. The Morgan fingerprint density at radius 3 is 2.87 bits per heavy atom. The Bertz CT molecular complexity index is 734. The second-order valence-corrected chi connectivity index (χ2v) is 5.82. The molecule has 1 aromatic carbocycles. The highest BCUT2D eigenvalue weighted by molar-refractivity contribution is 6.32. The van der Waals surface area contributed by atoms with E-state index in [0.29, 0.717) is 47.3 Å². The SMILES string of the molecule is CC(C)c1noc(CCCC(=O)Nc2ccc(C#N)c(Cl)c2)n1. The molecule has 2 rings (SSSR count). The van der Waals surface area contributed by atoms with Crippen molar-refractivity contribution in [2.45, 2.75) is 39.0 Å². The molecule has 0 saturated carbocycles. The Labute approximate surface area is 139 Å². The summed E-state index contributed by atoms with van der Waals surface area (Å²) < 4.78 is 5.13. The molecule has 1 aromatic heterocycles. The minimum absolute atomic E-state index is 0.130. The number of aryl methyl sites for hydroxylation is 1. The predicted octanol–water partition coefficient (Wildman–Crippen LogP) is 3.68. The molecule has 0 bridgehead atoms. The number of aromatic nitrogens is 2. The van der Waals surface area contributed by atoms with E-state index >= 15 is 0 Å². The van der Waals surface area contributed by atoms with E-state index in [1.807, 2.05) is 19.9 Å². The Balaban J connectivity index is 1.81. The van der Waals surface area contributed by atoms with Gasteiger partial charge in [-0.1, -0.05) is 30.6 Å². The summed E-state index contributed by atoms with van der Waals surface area (Å²) in [7, 11) is 0. The third-order valence-electron chi connectivity index (χ3n) is 3.17. The number of rotatable bonds is 6. The van der Waals surface area contributed by atoms with E-state index < -0.39 is 0 Å². The van der Waals surface area contributed by atoms with Gasteiger partial charge in [-0.05, 0) is 24.6 Å². The first-order chi connectivity index (χ1) is 11.0. The van der Waals surface area contributed by atoms with E-state index in [2.05, 4.69) is 15.5 Å². The molecule has 0 aliphatic heterocycles. The molecule has 0 unspecified atom stereocenters. The van der Waals surface area contributed by atoms with Crippen LogP contribution < -0.4 is 5.32 Å². The summed E-state index contributed by atoms with van der Waals surface area (Å²) in [5.41, 5.74) is 0.945. The number of halogens is 1. The number of nitrogens with one attached hydrogen (secondary N) is 1. The van der Waals surface area contributed by atoms with Gasteiger partial charge < -0.3 is 9.84 Å². The minimum Gasteiger partial charge on any atom is -0.339 e. The summed E-state index contributed by atoms with van der Waals surface area (Å²) in [6, 6.07) is 6.75. The fourth-order valence-corrected chi connectivity index (χ4v) is 2.13. The number of amides is 1. The molecule has 0 radical (unpaired) electrons. The molecule has 1 N–H and O–H groups in total. The van der Waals surface area contributed by atoms with Crippen molar-refractivity contribution in [3.8, 4) is 6.07 Å². The zero-order chi connectivity index (χ0) is 16.8. The maximum absolute atomic E-state index is 11.9. The largest absolute Gasteiger partial charge is 0.339 e. The predicted molar refractivity (Wildman–Crippen MR) is 86.1 cm³/mol. The zero-order valence-electron chi connectivity index (χ0n) is 13.0. The monoisotopic (exact) mass is 332 g/mol. The van der Waals surface area contributed by atoms with E-state index in [1.54, 1.807) is 18.2 Å². The van der Waals surface area contributed by atoms with Gasteiger partial charge in [0.2, 0.25) is 11.8 Å². The van der Waals surface area contributed by atoms with Crippen molar-refractivity contribution in [3.05, 3.63) is 40.5 Å². The molecule has 7 heteroatoms. The molecule has 120 valence electrons. The molecule has 2 aromatic rings. The average Bonchev–Trinajstić information content (AvgIpc) is 2.96. The third-order valence-corrected chi connectivity index (χ3v) is 3.48. The van der Waals surface area contributed by atoms with Crippen molar-refractivity contribution in [2.75, 3.05) is 5.32 Å². The molecule has 6 nitrogen and oxygen atoms in total. The average molecular weight is 333 g/mol. The van der Waals surface area contributed by atoms with Crippen LogP contribution in [0.5, 0.6) is 0 Å². The van der Waals surface area contributed by atoms with E-state index in [-0.39, 0.29) is 11.8 Å². The first-order valence-electron chi connectivity index (χ1n) is 7.31. The molecule has 1 amide bonds. The molecular formula is C16H17ClN4O2. The Kier molecular flexibility index (Phi) is 5.72. The number of benzene rings is 1. The van der Waals surface area contributed by atoms with Gasteiger partial charge in [0.25, 0.3) is 0 Å². The second kappa shape index (κ2) is 7.75. The van der Waals surface area contributed by atoms with E-state index in [1.165, 1.54) is 0 Å². The molecule has 0 aliphatic rings. The van der Waals surface area contributed by atoms with Gasteiger partial charge in [-0.25, -0.2) is 0 Å². The Morgan fingerprint density at radius 1 is 1.48 bits per heavy atom. The second-order valence-electron chi connectivity index (χ2n) is 5.41. The van der Waals surface area contributed by atoms with Crippen molar-refractivity contribution >= 4 is 23.2 Å². The van der Waals surface area contributed by atoms with Crippen LogP contribution in [-0.4, -0.2) is 16.0 Å². The number of hydrogen-bond acceptors (Lipinski definition) is 5. The maximum Gasteiger partial charge on any atom is 0.226 e. The lowest BCUT2D eigenvalue weighted by Gasteiger charge is -2.05. The van der Waals surface area contributed by atoms with Crippen LogP contribution in [0.25, 0.3) is 0 Å². The molecule has 0 saturated heterocycles. The van der Waals surface area contributed by atoms with Crippen LogP contribution in [0.2, 0.25) is 5.02 Å². The van der Waals surface area contributed by atoms with E-state index in [4.69, 9.17) is 21.4 Å². The summed E-state index contributed by atoms with van der Waals surface area (Å²) in [6.07, 6.45) is 1.49. The Morgan fingerprint density at radius 2 is 2.26 bits per heavy atom. The first-order valence-corrected chi connectivity index (χ1v) is 7.69. The molecule has 0 fully saturated rings. The number of nitriles is 1. The van der Waals surface area contributed by atoms with Crippen molar-refractivity contribution in [1.29, 1.82) is 5.26 Å². The van der Waals surface area contributed by atoms with Gasteiger partial charge >= 0.3 is 0 Å². The topological polar surface area (TPSA) is 91.8 Å². The Hall–Kier alpha value is -2.39. The van der Waals surface area contributed by atoms with Gasteiger partial charge in [0.1, 0.15) is 6.07 Å². The quantitative estimate of drug-likeness (QED) is 0.871. The summed E-state index contributed by atoms with van der Waals surface area (Å²) in [5.74, 6) is 1.31. The van der Waals surface area contributed by atoms with Gasteiger partial charge in [0.05, 0.1) is 10.6 Å². The highest BCUT2D eigenvalue weighted by Gasteiger charge is 2.10. The maximum atomic E-state index is 11.9. The fraction of sp³-hybridized carbons (Fsp3) is 0.375. The number of hydrogen-bond donors (Lipinski definition) is 1. The lowest BCUT2D eigenvalue weighted by molar-refractivity contribution is -0.116. The highest BCUT2D eigenvalue weighted by atomic mass is 35.5. The van der Waals surface area contributed by atoms with Gasteiger partial charge in [0, 0.05) is 24.4 Å². The summed E-state index contributed by atoms with van der Waals surface area (Å²) in [4.78, 5) is 16.2. The summed E-state index contributed by atoms with van der Waals surface area (Å²) in [5, 5.41) is 15.8. The van der Waals surface area contributed by atoms with Crippen molar-refractivity contribution < 1.29 is 9.32 Å². The number of carbonyl (C=O) groups is 1. The molecule has 0 atom stereocenters. The van der Waals surface area contributed by atoms with Crippen LogP contribution >= 0.6 is 11.6 Å². The van der Waals surface area contributed by atoms with Crippen LogP contribution in [0, 0.1) is 11.3 Å². The van der Waals surface area contributed by atoms with Crippen molar-refractivity contribution in [3.63, 3.8) is 0 Å². The van der Waals surface area contributed by atoms with Crippen molar-refractivity contribution in [2.24, 2.45) is 0 Å². The molecular weight excluding hydrogens is 316 g/mol. The number of nitrogens with zero attached hydrogens (tertiary/aromatic N) is 3. The molecule has 0 spiro atoms. The van der Waals surface area contributed by atoms with Gasteiger partial charge in [0.15, 0.2) is 5.82 Å². The zero-order valence-corrected chi connectivity index (χ0v) is 13.7. The minimum atomic E-state index is -0.130. The third kappa shape index (κ3) is 4.80. The van der Waals surface area contributed by atoms with Crippen LogP contribution in [0.3, 0.4) is 0 Å². The van der Waals surface area contributed by atoms with E-state index in [9.17, 15) is 4.79 Å². The van der Waals surface area contributed by atoms with Crippen LogP contribution in [0.1, 0.15) is 49.9 Å². The molecule has 1 heterocycles. The molecule has 23 heavy (non-hydrogen) atoms. The van der Waals surface area contributed by atoms with Gasteiger partial charge in [-0.3, -0.25) is 4.79 Å². The van der Waals surface area contributed by atoms with Gasteiger partial charge in [-0.2, -0.15) is 10.2 Å². The lowest BCUT2D eigenvalue weighted by atomic mass is 10.2. The van der Waals surface area contributed by atoms with Crippen LogP contribution in [0.15, 0.2) is 22.7 Å². The normalized spacial score (nSPS) is 10.6. The summed E-state index contributed by atoms with van der Waals surface area (Å²) in [6.45, 7) is 3.98. The molecule has 0 aliphatic carbocycles. The van der Waals surface area contributed by atoms with E-state index in [0.717, 1.165) is 0 Å². The van der Waals surface area contributed by atoms with Gasteiger partial charge in [-0.15, -0.1) is 0 Å². The fourth-order valence-electron chi connectivity index (χ4n) is 1.91. The first kappa shape index (κ1) is 17.0. The lowest BCUT2D eigenvalue weighted by Crippen LogP contribution is -2.11. The standard InChI is InChI=1S/C16H17ClN4O2/c1-10(2)16-20-15(23-21-16)5-3-4-14(22)19-12-7-6-11(9-18)13(17)8-12/h6-8,10H,3-5H2,1-2H3,(H,19,22). The number of anilines is 1. The van der Waals surface area contributed by atoms with Crippen molar-refractivity contribution in [1.82, 2.24) is 10.1 Å². The van der Waals surface area contributed by atoms with Crippen LogP contribution in [0.4, 0.5) is 5.69 Å². The smallest absolute Gasteiger partial charge is 0.226 e.